The average molecular weight is 182 g/mol. The fraction of sp³-hybridized carbons (Fsp3) is 1.00. The van der Waals surface area contributed by atoms with E-state index in [4.69, 9.17) is 9.29 Å². The zero-order valence-corrected chi connectivity index (χ0v) is 7.81. The summed E-state index contributed by atoms with van der Waals surface area (Å²) in [6.07, 6.45) is 0.593. The van der Waals surface area contributed by atoms with Gasteiger partial charge in [0.1, 0.15) is 0 Å². The SMILES string of the molecule is COC(C)(C)CCOS(=O)O. The predicted octanol–water partition coefficient (Wildman–Crippen LogP) is 0.955. The molecule has 5 heteroatoms. The van der Waals surface area contributed by atoms with Crippen LogP contribution in [0.1, 0.15) is 20.3 Å². The second kappa shape index (κ2) is 4.82. The van der Waals surface area contributed by atoms with Gasteiger partial charge in [0.2, 0.25) is 0 Å². The first-order valence-electron chi connectivity index (χ1n) is 3.27. The second-order valence-electron chi connectivity index (χ2n) is 2.75. The van der Waals surface area contributed by atoms with E-state index in [1.807, 2.05) is 13.8 Å². The van der Waals surface area contributed by atoms with Crippen molar-refractivity contribution in [3.63, 3.8) is 0 Å². The molecule has 0 rings (SSSR count). The Hall–Kier alpha value is 0.0300. The zero-order chi connectivity index (χ0) is 8.91. The summed E-state index contributed by atoms with van der Waals surface area (Å²) in [5.74, 6) is 0. The van der Waals surface area contributed by atoms with Crippen LogP contribution in [-0.2, 0) is 20.3 Å². The molecule has 0 aliphatic carbocycles. The van der Waals surface area contributed by atoms with E-state index in [0.717, 1.165) is 0 Å². The van der Waals surface area contributed by atoms with Crippen molar-refractivity contribution in [2.45, 2.75) is 25.9 Å². The van der Waals surface area contributed by atoms with Gasteiger partial charge in [0.15, 0.2) is 0 Å². The molecule has 1 atom stereocenters. The molecule has 0 aliphatic rings. The van der Waals surface area contributed by atoms with Crippen LogP contribution in [0.2, 0.25) is 0 Å². The van der Waals surface area contributed by atoms with Gasteiger partial charge >= 0.3 is 11.4 Å². The van der Waals surface area contributed by atoms with Crippen LogP contribution >= 0.6 is 0 Å². The van der Waals surface area contributed by atoms with E-state index in [-0.39, 0.29) is 12.2 Å². The van der Waals surface area contributed by atoms with Crippen LogP contribution in [0.4, 0.5) is 0 Å². The maximum Gasteiger partial charge on any atom is 0.301 e. The Morgan fingerprint density at radius 1 is 1.55 bits per heavy atom. The maximum absolute atomic E-state index is 10.0. The van der Waals surface area contributed by atoms with Gasteiger partial charge in [0.25, 0.3) is 0 Å². The summed E-state index contributed by atoms with van der Waals surface area (Å²) >= 11 is -2.16. The molecule has 1 N–H and O–H groups in total. The minimum absolute atomic E-state index is 0.226. The highest BCUT2D eigenvalue weighted by molar-refractivity contribution is 7.74. The first-order chi connectivity index (χ1) is 4.98. The van der Waals surface area contributed by atoms with E-state index >= 15 is 0 Å². The molecule has 0 amide bonds. The standard InChI is InChI=1S/C6H14O4S/c1-6(2,9-3)4-5-10-11(7)8/h4-5H2,1-3H3,(H,7,8). The minimum Gasteiger partial charge on any atom is -0.379 e. The molecule has 0 aromatic rings. The van der Waals surface area contributed by atoms with Gasteiger partial charge in [-0.05, 0) is 13.8 Å². The maximum atomic E-state index is 10.0. The summed E-state index contributed by atoms with van der Waals surface area (Å²) in [4.78, 5) is 0. The Kier molecular flexibility index (Phi) is 4.83. The molecular formula is C6H14O4S. The topological polar surface area (TPSA) is 55.8 Å². The van der Waals surface area contributed by atoms with Crippen molar-refractivity contribution in [3.05, 3.63) is 0 Å². The van der Waals surface area contributed by atoms with E-state index in [2.05, 4.69) is 4.18 Å². The number of methoxy groups -OCH3 is 1. The molecule has 0 saturated carbocycles. The number of rotatable bonds is 5. The molecule has 0 saturated heterocycles. The fourth-order valence-corrected chi connectivity index (χ4v) is 0.687. The minimum atomic E-state index is -2.16. The van der Waals surface area contributed by atoms with Gasteiger partial charge in [0, 0.05) is 13.5 Å². The van der Waals surface area contributed by atoms with Gasteiger partial charge in [-0.25, -0.2) is 0 Å². The van der Waals surface area contributed by atoms with E-state index in [0.29, 0.717) is 6.42 Å². The summed E-state index contributed by atoms with van der Waals surface area (Å²) in [7, 11) is 1.59. The molecule has 0 bridgehead atoms. The molecule has 0 heterocycles. The van der Waals surface area contributed by atoms with Crippen molar-refractivity contribution in [2.24, 2.45) is 0 Å². The van der Waals surface area contributed by atoms with Crippen LogP contribution in [-0.4, -0.2) is 28.1 Å². The summed E-state index contributed by atoms with van der Waals surface area (Å²) in [5, 5.41) is 0. The summed E-state index contributed by atoms with van der Waals surface area (Å²) in [6.45, 7) is 4.00. The van der Waals surface area contributed by atoms with Crippen LogP contribution in [0.5, 0.6) is 0 Å². The van der Waals surface area contributed by atoms with Gasteiger partial charge in [-0.1, -0.05) is 0 Å². The Morgan fingerprint density at radius 2 is 2.09 bits per heavy atom. The molecule has 0 fully saturated rings. The van der Waals surface area contributed by atoms with E-state index < -0.39 is 11.4 Å². The molecular weight excluding hydrogens is 168 g/mol. The Balaban J connectivity index is 3.45. The van der Waals surface area contributed by atoms with Crippen molar-refractivity contribution < 1.29 is 17.7 Å². The van der Waals surface area contributed by atoms with Crippen LogP contribution in [0.15, 0.2) is 0 Å². The highest BCUT2D eigenvalue weighted by Gasteiger charge is 2.15. The average Bonchev–Trinajstić information content (AvgIpc) is 1.87. The van der Waals surface area contributed by atoms with Gasteiger partial charge in [-0.3, -0.25) is 8.74 Å². The lowest BCUT2D eigenvalue weighted by Gasteiger charge is -2.21. The number of ether oxygens (including phenoxy) is 1. The molecule has 11 heavy (non-hydrogen) atoms. The van der Waals surface area contributed by atoms with Gasteiger partial charge in [-0.15, -0.1) is 0 Å². The molecule has 0 aliphatic heterocycles. The monoisotopic (exact) mass is 182 g/mol. The predicted molar refractivity (Wildman–Crippen MR) is 42.4 cm³/mol. The Bertz CT molecular complexity index is 135. The fourth-order valence-electron chi connectivity index (χ4n) is 0.461. The molecule has 0 radical (unpaired) electrons. The second-order valence-corrected chi connectivity index (χ2v) is 3.42. The van der Waals surface area contributed by atoms with Crippen molar-refractivity contribution >= 4 is 11.4 Å². The smallest absolute Gasteiger partial charge is 0.301 e. The zero-order valence-electron chi connectivity index (χ0n) is 6.99. The van der Waals surface area contributed by atoms with Crippen molar-refractivity contribution in [1.82, 2.24) is 0 Å². The third kappa shape index (κ3) is 6.43. The number of hydrogen-bond donors (Lipinski definition) is 1. The third-order valence-electron chi connectivity index (χ3n) is 1.44. The first kappa shape index (κ1) is 11.0. The van der Waals surface area contributed by atoms with Crippen LogP contribution in [0.25, 0.3) is 0 Å². The van der Waals surface area contributed by atoms with E-state index in [9.17, 15) is 4.21 Å². The first-order valence-corrected chi connectivity index (χ1v) is 4.30. The van der Waals surface area contributed by atoms with Crippen molar-refractivity contribution in [3.8, 4) is 0 Å². The van der Waals surface area contributed by atoms with Gasteiger partial charge in [0.05, 0.1) is 12.2 Å². The summed E-state index contributed by atoms with van der Waals surface area (Å²) < 4.78 is 27.7. The lowest BCUT2D eigenvalue weighted by molar-refractivity contribution is 0.00597. The van der Waals surface area contributed by atoms with Crippen LogP contribution in [0, 0.1) is 0 Å². The molecule has 0 aromatic heterocycles. The molecule has 68 valence electrons. The lowest BCUT2D eigenvalue weighted by Crippen LogP contribution is -2.24. The van der Waals surface area contributed by atoms with Gasteiger partial charge in [-0.2, -0.15) is 4.21 Å². The summed E-state index contributed by atoms with van der Waals surface area (Å²) in [6, 6.07) is 0. The van der Waals surface area contributed by atoms with Crippen LogP contribution in [0.3, 0.4) is 0 Å². The highest BCUT2D eigenvalue weighted by atomic mass is 32.2. The molecule has 0 spiro atoms. The van der Waals surface area contributed by atoms with E-state index in [1.54, 1.807) is 7.11 Å². The van der Waals surface area contributed by atoms with Crippen LogP contribution < -0.4 is 0 Å². The Morgan fingerprint density at radius 3 is 2.45 bits per heavy atom. The van der Waals surface area contributed by atoms with Crippen molar-refractivity contribution in [2.75, 3.05) is 13.7 Å². The highest BCUT2D eigenvalue weighted by Crippen LogP contribution is 2.12. The normalized spacial score (nSPS) is 14.9. The third-order valence-corrected chi connectivity index (χ3v) is 1.81. The molecule has 0 aromatic carbocycles. The number of hydrogen-bond acceptors (Lipinski definition) is 3. The van der Waals surface area contributed by atoms with Gasteiger partial charge < -0.3 is 4.74 Å². The quantitative estimate of drug-likeness (QED) is 0.643. The molecule has 1 unspecified atom stereocenters. The van der Waals surface area contributed by atoms with Crippen molar-refractivity contribution in [1.29, 1.82) is 0 Å². The lowest BCUT2D eigenvalue weighted by atomic mass is 10.1. The van der Waals surface area contributed by atoms with E-state index in [1.165, 1.54) is 0 Å². The Labute approximate surface area is 69.4 Å². The molecule has 4 nitrogen and oxygen atoms in total. The summed E-state index contributed by atoms with van der Waals surface area (Å²) in [5.41, 5.74) is -0.292. The largest absolute Gasteiger partial charge is 0.379 e.